The van der Waals surface area contributed by atoms with Crippen LogP contribution in [0, 0.1) is 5.92 Å². The van der Waals surface area contributed by atoms with E-state index in [1.807, 2.05) is 6.92 Å². The summed E-state index contributed by atoms with van der Waals surface area (Å²) < 4.78 is 5.10. The molecule has 0 radical (unpaired) electrons. The highest BCUT2D eigenvalue weighted by Crippen LogP contribution is 2.25. The Bertz CT molecular complexity index is 367. The second-order valence-corrected chi connectivity index (χ2v) is 5.33. The molecule has 3 N–H and O–H groups in total. The first-order chi connectivity index (χ1) is 9.00. The third-order valence-corrected chi connectivity index (χ3v) is 4.11. The number of nitrogens with zero attached hydrogens (tertiary/aromatic N) is 1. The van der Waals surface area contributed by atoms with Gasteiger partial charge in [0.1, 0.15) is 0 Å². The van der Waals surface area contributed by atoms with E-state index in [1.165, 1.54) is 4.90 Å². The van der Waals surface area contributed by atoms with E-state index in [2.05, 4.69) is 5.32 Å². The van der Waals surface area contributed by atoms with Gasteiger partial charge in [-0.3, -0.25) is 0 Å². The number of urea groups is 1. The second-order valence-electron chi connectivity index (χ2n) is 5.33. The van der Waals surface area contributed by atoms with Crippen LogP contribution in [0.5, 0.6) is 0 Å². The fraction of sp³-hybridized carbons (Fsp3) is 0.833. The summed E-state index contributed by atoms with van der Waals surface area (Å²) in [5.74, 6) is -0.859. The molecule has 2 fully saturated rings. The van der Waals surface area contributed by atoms with Gasteiger partial charge in [-0.25, -0.2) is 9.59 Å². The van der Waals surface area contributed by atoms with Gasteiger partial charge in [0.25, 0.3) is 0 Å². The average molecular weight is 272 g/mol. The molecule has 2 aliphatic rings. The minimum Gasteiger partial charge on any atom is -0.479 e. The Morgan fingerprint density at radius 1 is 1.53 bits per heavy atom. The number of hydrogen-bond acceptors (Lipinski definition) is 4. The summed E-state index contributed by atoms with van der Waals surface area (Å²) in [7, 11) is 0. The minimum atomic E-state index is -1.33. The van der Waals surface area contributed by atoms with Gasteiger partial charge in [0.05, 0.1) is 19.3 Å². The van der Waals surface area contributed by atoms with Crippen molar-refractivity contribution in [2.24, 2.45) is 5.92 Å². The highest BCUT2D eigenvalue weighted by molar-refractivity contribution is 5.87. The van der Waals surface area contributed by atoms with Crippen LogP contribution in [0.4, 0.5) is 4.79 Å². The third-order valence-electron chi connectivity index (χ3n) is 4.11. The molecule has 0 aromatic heterocycles. The molecule has 2 saturated heterocycles. The monoisotopic (exact) mass is 272 g/mol. The number of likely N-dealkylation sites (tertiary alicyclic amines) is 1. The highest BCUT2D eigenvalue weighted by Gasteiger charge is 2.46. The molecule has 2 heterocycles. The molecule has 0 aromatic carbocycles. The number of hydrogen-bond donors (Lipinski definition) is 3. The van der Waals surface area contributed by atoms with Crippen molar-refractivity contribution in [3.8, 4) is 0 Å². The van der Waals surface area contributed by atoms with Crippen LogP contribution in [0.25, 0.3) is 0 Å². The maximum atomic E-state index is 12.2. The predicted octanol–water partition coefficient (Wildman–Crippen LogP) is -0.358. The molecule has 2 rings (SSSR count). The largest absolute Gasteiger partial charge is 0.479 e. The van der Waals surface area contributed by atoms with Crippen LogP contribution < -0.4 is 5.32 Å². The molecule has 2 amide bonds. The normalized spacial score (nSPS) is 34.5. The number of carboxylic acids is 1. The fourth-order valence-corrected chi connectivity index (χ4v) is 2.70. The van der Waals surface area contributed by atoms with Gasteiger partial charge in [0.15, 0.2) is 5.54 Å². The van der Waals surface area contributed by atoms with E-state index in [0.29, 0.717) is 13.2 Å². The lowest BCUT2D eigenvalue weighted by atomic mass is 9.99. The molecule has 108 valence electrons. The summed E-state index contributed by atoms with van der Waals surface area (Å²) in [6.07, 6.45) is 1.08. The van der Waals surface area contributed by atoms with Crippen LogP contribution >= 0.6 is 0 Å². The molecule has 0 aromatic rings. The van der Waals surface area contributed by atoms with Crippen molar-refractivity contribution in [3.63, 3.8) is 0 Å². The quantitative estimate of drug-likeness (QED) is 0.652. The molecule has 7 heteroatoms. The molecule has 0 bridgehead atoms. The zero-order valence-electron chi connectivity index (χ0n) is 11.0. The molecule has 3 unspecified atom stereocenters. The number of aliphatic hydroxyl groups is 1. The maximum Gasteiger partial charge on any atom is 0.332 e. The maximum absolute atomic E-state index is 12.2. The van der Waals surface area contributed by atoms with Crippen LogP contribution in [0.2, 0.25) is 0 Å². The van der Waals surface area contributed by atoms with Crippen LogP contribution in [0.1, 0.15) is 19.8 Å². The minimum absolute atomic E-state index is 0.0126. The van der Waals surface area contributed by atoms with E-state index in [9.17, 15) is 19.8 Å². The lowest BCUT2D eigenvalue weighted by Crippen LogP contribution is -2.59. The van der Waals surface area contributed by atoms with Gasteiger partial charge >= 0.3 is 12.0 Å². The Morgan fingerprint density at radius 2 is 2.26 bits per heavy atom. The van der Waals surface area contributed by atoms with Gasteiger partial charge in [-0.2, -0.15) is 0 Å². The Hall–Kier alpha value is -1.34. The third kappa shape index (κ3) is 2.52. The molecule has 0 aliphatic carbocycles. The van der Waals surface area contributed by atoms with Crippen molar-refractivity contribution in [3.05, 3.63) is 0 Å². The molecular weight excluding hydrogens is 252 g/mol. The first-order valence-corrected chi connectivity index (χ1v) is 6.51. The summed E-state index contributed by atoms with van der Waals surface area (Å²) in [6.45, 7) is 2.72. The van der Waals surface area contributed by atoms with E-state index in [1.54, 1.807) is 0 Å². The van der Waals surface area contributed by atoms with Crippen molar-refractivity contribution < 1.29 is 24.5 Å². The number of nitrogens with one attached hydrogen (secondary N) is 1. The predicted molar refractivity (Wildman–Crippen MR) is 65.7 cm³/mol. The Labute approximate surface area is 111 Å². The molecular formula is C12H20N2O5. The highest BCUT2D eigenvalue weighted by atomic mass is 16.5. The molecule has 2 aliphatic heterocycles. The number of carbonyl (C=O) groups excluding carboxylic acids is 1. The van der Waals surface area contributed by atoms with E-state index in [4.69, 9.17) is 4.74 Å². The zero-order chi connectivity index (χ0) is 14.0. The SMILES string of the molecule is CC1CCN(C(=O)NC2(C(=O)O)CCOC2)C1CO. The van der Waals surface area contributed by atoms with E-state index >= 15 is 0 Å². The van der Waals surface area contributed by atoms with Crippen LogP contribution in [0.3, 0.4) is 0 Å². The van der Waals surface area contributed by atoms with Crippen molar-refractivity contribution in [1.82, 2.24) is 10.2 Å². The zero-order valence-corrected chi connectivity index (χ0v) is 11.0. The van der Waals surface area contributed by atoms with E-state index < -0.39 is 17.5 Å². The van der Waals surface area contributed by atoms with Crippen LogP contribution in [-0.4, -0.2) is 65.1 Å². The standard InChI is InChI=1S/C12H20N2O5/c1-8-2-4-14(9(8)6-15)11(18)13-12(10(16)17)3-5-19-7-12/h8-9,15H,2-7H2,1H3,(H,13,18)(H,16,17). The molecule has 7 nitrogen and oxygen atoms in total. The van der Waals surface area contributed by atoms with Crippen molar-refractivity contribution in [2.45, 2.75) is 31.3 Å². The van der Waals surface area contributed by atoms with Crippen molar-refractivity contribution >= 4 is 12.0 Å². The van der Waals surface area contributed by atoms with Crippen LogP contribution in [-0.2, 0) is 9.53 Å². The van der Waals surface area contributed by atoms with Gasteiger partial charge in [0.2, 0.25) is 0 Å². The van der Waals surface area contributed by atoms with E-state index in [-0.39, 0.29) is 31.6 Å². The number of carbonyl (C=O) groups is 2. The summed E-state index contributed by atoms with van der Waals surface area (Å²) >= 11 is 0. The topological polar surface area (TPSA) is 99.1 Å². The molecule has 3 atom stereocenters. The van der Waals surface area contributed by atoms with Gasteiger partial charge in [-0.15, -0.1) is 0 Å². The Kier molecular flexibility index (Phi) is 3.96. The fourth-order valence-electron chi connectivity index (χ4n) is 2.70. The molecule has 0 saturated carbocycles. The number of aliphatic carboxylic acids is 1. The Morgan fingerprint density at radius 3 is 2.79 bits per heavy atom. The second kappa shape index (κ2) is 5.34. The number of aliphatic hydroxyl groups excluding tert-OH is 1. The summed E-state index contributed by atoms with van der Waals surface area (Å²) in [4.78, 5) is 25.1. The van der Waals surface area contributed by atoms with Gasteiger partial charge in [-0.05, 0) is 12.3 Å². The first kappa shape index (κ1) is 14.1. The summed E-state index contributed by atoms with van der Waals surface area (Å²) in [5, 5.41) is 21.2. The Balaban J connectivity index is 2.06. The van der Waals surface area contributed by atoms with Crippen molar-refractivity contribution in [1.29, 1.82) is 0 Å². The number of amides is 2. The molecule has 19 heavy (non-hydrogen) atoms. The lowest BCUT2D eigenvalue weighted by molar-refractivity contribution is -0.144. The smallest absolute Gasteiger partial charge is 0.332 e. The van der Waals surface area contributed by atoms with Gasteiger partial charge in [0, 0.05) is 19.6 Å². The molecule has 0 spiro atoms. The average Bonchev–Trinajstić information content (AvgIpc) is 2.96. The lowest BCUT2D eigenvalue weighted by Gasteiger charge is -2.30. The number of carboxylic acid groups (broad SMARTS) is 1. The summed E-state index contributed by atoms with van der Waals surface area (Å²) in [5.41, 5.74) is -1.33. The summed E-state index contributed by atoms with van der Waals surface area (Å²) in [6, 6.07) is -0.676. The van der Waals surface area contributed by atoms with Crippen molar-refractivity contribution in [2.75, 3.05) is 26.4 Å². The first-order valence-electron chi connectivity index (χ1n) is 6.51. The van der Waals surface area contributed by atoms with Crippen LogP contribution in [0.15, 0.2) is 0 Å². The number of rotatable bonds is 3. The van der Waals surface area contributed by atoms with Gasteiger partial charge in [-0.1, -0.05) is 6.92 Å². The van der Waals surface area contributed by atoms with E-state index in [0.717, 1.165) is 6.42 Å². The number of ether oxygens (including phenoxy) is 1. The van der Waals surface area contributed by atoms with Gasteiger partial charge < -0.3 is 25.2 Å².